The fourth-order valence-corrected chi connectivity index (χ4v) is 1.80. The van der Waals surface area contributed by atoms with Crippen LogP contribution in [0, 0.1) is 24.4 Å². The second-order valence-corrected chi connectivity index (χ2v) is 4.12. The lowest BCUT2D eigenvalue weighted by Crippen LogP contribution is -2.04. The molecule has 0 atom stereocenters. The van der Waals surface area contributed by atoms with Gasteiger partial charge >= 0.3 is 0 Å². The van der Waals surface area contributed by atoms with Gasteiger partial charge in [-0.2, -0.15) is 0 Å². The largest absolute Gasteiger partial charge is 0.384 e. The Hall–Kier alpha value is -1.78. The van der Waals surface area contributed by atoms with Crippen LogP contribution < -0.4 is 5.32 Å². The van der Waals surface area contributed by atoms with Gasteiger partial charge in [0.25, 0.3) is 0 Å². The predicted octanol–water partition coefficient (Wildman–Crippen LogP) is 3.78. The molecule has 5 heteroatoms. The summed E-state index contributed by atoms with van der Waals surface area (Å²) in [4.78, 5) is 3.92. The fraction of sp³-hybridized carbons (Fsp3) is 0.308. The molecular formula is C13H13F3N2. The summed E-state index contributed by atoms with van der Waals surface area (Å²) in [5, 5.41) is 3.31. The van der Waals surface area contributed by atoms with Crippen molar-refractivity contribution in [2.24, 2.45) is 0 Å². The van der Waals surface area contributed by atoms with Gasteiger partial charge < -0.3 is 5.32 Å². The standard InChI is InChI=1S/C13H13F3N2/c1-3-4-17-10-5-7(2)18-13-8(10)6-9(14)11(15)12(13)16/h5-6H,3-4H2,1-2H3,(H,17,18). The number of benzene rings is 1. The third kappa shape index (κ3) is 2.12. The summed E-state index contributed by atoms with van der Waals surface area (Å²) in [6.45, 7) is 4.32. The van der Waals surface area contributed by atoms with Crippen molar-refractivity contribution in [3.05, 3.63) is 35.3 Å². The summed E-state index contributed by atoms with van der Waals surface area (Å²) in [6, 6.07) is 2.66. The average molecular weight is 254 g/mol. The molecule has 0 radical (unpaired) electrons. The third-order valence-electron chi connectivity index (χ3n) is 2.63. The highest BCUT2D eigenvalue weighted by Gasteiger charge is 2.17. The summed E-state index contributed by atoms with van der Waals surface area (Å²) in [5.74, 6) is -3.93. The van der Waals surface area contributed by atoms with Gasteiger partial charge in [0.15, 0.2) is 17.5 Å². The number of hydrogen-bond acceptors (Lipinski definition) is 2. The summed E-state index contributed by atoms with van der Waals surface area (Å²) in [5.41, 5.74) is 0.968. The first-order valence-electron chi connectivity index (χ1n) is 5.73. The molecule has 96 valence electrons. The molecule has 0 spiro atoms. The van der Waals surface area contributed by atoms with Crippen molar-refractivity contribution in [3.8, 4) is 0 Å². The molecule has 0 bridgehead atoms. The maximum Gasteiger partial charge on any atom is 0.196 e. The molecule has 1 aromatic heterocycles. The van der Waals surface area contributed by atoms with E-state index in [-0.39, 0.29) is 10.9 Å². The Balaban J connectivity index is 2.71. The van der Waals surface area contributed by atoms with E-state index in [0.717, 1.165) is 12.5 Å². The monoisotopic (exact) mass is 254 g/mol. The van der Waals surface area contributed by atoms with E-state index >= 15 is 0 Å². The molecule has 0 saturated carbocycles. The number of aryl methyl sites for hydroxylation is 1. The van der Waals surface area contributed by atoms with E-state index in [1.807, 2.05) is 6.92 Å². The fourth-order valence-electron chi connectivity index (χ4n) is 1.80. The van der Waals surface area contributed by atoms with Crippen LogP contribution in [0.5, 0.6) is 0 Å². The highest BCUT2D eigenvalue weighted by Crippen LogP contribution is 2.28. The molecule has 2 aromatic rings. The number of aromatic nitrogens is 1. The third-order valence-corrected chi connectivity index (χ3v) is 2.63. The molecule has 0 aliphatic rings. The number of anilines is 1. The lowest BCUT2D eigenvalue weighted by molar-refractivity contribution is 0.452. The van der Waals surface area contributed by atoms with Gasteiger partial charge in [0.05, 0.1) is 0 Å². The zero-order valence-corrected chi connectivity index (χ0v) is 10.2. The van der Waals surface area contributed by atoms with Gasteiger partial charge in [-0.05, 0) is 25.5 Å². The second kappa shape index (κ2) is 4.84. The van der Waals surface area contributed by atoms with Gasteiger partial charge in [0.1, 0.15) is 5.52 Å². The van der Waals surface area contributed by atoms with Crippen LogP contribution in [0.25, 0.3) is 10.9 Å². The van der Waals surface area contributed by atoms with Gasteiger partial charge in [0.2, 0.25) is 0 Å². The van der Waals surface area contributed by atoms with Crippen LogP contribution in [0.15, 0.2) is 12.1 Å². The Bertz CT molecular complexity index is 597. The zero-order valence-electron chi connectivity index (χ0n) is 10.2. The molecule has 0 aliphatic heterocycles. The van der Waals surface area contributed by atoms with Gasteiger partial charge in [0, 0.05) is 23.3 Å². The van der Waals surface area contributed by atoms with Crippen LogP contribution in [0.4, 0.5) is 18.9 Å². The van der Waals surface area contributed by atoms with Gasteiger partial charge in [-0.3, -0.25) is 0 Å². The maximum absolute atomic E-state index is 13.6. The second-order valence-electron chi connectivity index (χ2n) is 4.12. The van der Waals surface area contributed by atoms with Crippen molar-refractivity contribution in [3.63, 3.8) is 0 Å². The number of pyridine rings is 1. The zero-order chi connectivity index (χ0) is 13.3. The van der Waals surface area contributed by atoms with E-state index in [2.05, 4.69) is 10.3 Å². The molecule has 1 heterocycles. The van der Waals surface area contributed by atoms with E-state index in [0.29, 0.717) is 17.9 Å². The molecule has 0 aliphatic carbocycles. The number of nitrogens with zero attached hydrogens (tertiary/aromatic N) is 1. The van der Waals surface area contributed by atoms with Crippen molar-refractivity contribution in [2.45, 2.75) is 20.3 Å². The Kier molecular flexibility index (Phi) is 3.41. The minimum Gasteiger partial charge on any atom is -0.384 e. The van der Waals surface area contributed by atoms with Gasteiger partial charge in [-0.25, -0.2) is 18.2 Å². The van der Waals surface area contributed by atoms with E-state index in [1.165, 1.54) is 0 Å². The number of hydrogen-bond donors (Lipinski definition) is 1. The first-order valence-corrected chi connectivity index (χ1v) is 5.73. The first kappa shape index (κ1) is 12.7. The quantitative estimate of drug-likeness (QED) is 0.843. The molecule has 0 unspecified atom stereocenters. The molecular weight excluding hydrogens is 241 g/mol. The van der Waals surface area contributed by atoms with Crippen LogP contribution in [0.3, 0.4) is 0 Å². The highest BCUT2D eigenvalue weighted by atomic mass is 19.2. The van der Waals surface area contributed by atoms with E-state index in [4.69, 9.17) is 0 Å². The predicted molar refractivity (Wildman–Crippen MR) is 65.1 cm³/mol. The number of fused-ring (bicyclic) bond motifs is 1. The lowest BCUT2D eigenvalue weighted by atomic mass is 10.1. The van der Waals surface area contributed by atoms with E-state index < -0.39 is 17.5 Å². The number of halogens is 3. The average Bonchev–Trinajstić information content (AvgIpc) is 2.34. The molecule has 1 aromatic carbocycles. The van der Waals surface area contributed by atoms with Crippen molar-refractivity contribution >= 4 is 16.6 Å². The Labute approximate surface area is 103 Å². The smallest absolute Gasteiger partial charge is 0.196 e. The Morgan fingerprint density at radius 2 is 1.89 bits per heavy atom. The summed E-state index contributed by atoms with van der Waals surface area (Å²) in [7, 11) is 0. The Morgan fingerprint density at radius 3 is 2.56 bits per heavy atom. The molecule has 18 heavy (non-hydrogen) atoms. The molecule has 1 N–H and O–H groups in total. The van der Waals surface area contributed by atoms with Crippen molar-refractivity contribution in [1.82, 2.24) is 4.98 Å². The maximum atomic E-state index is 13.6. The van der Waals surface area contributed by atoms with Gasteiger partial charge in [-0.15, -0.1) is 0 Å². The molecule has 2 rings (SSSR count). The van der Waals surface area contributed by atoms with Crippen LogP contribution in [0.2, 0.25) is 0 Å². The van der Waals surface area contributed by atoms with Crippen LogP contribution in [-0.2, 0) is 0 Å². The lowest BCUT2D eigenvalue weighted by Gasteiger charge is -2.11. The van der Waals surface area contributed by atoms with Crippen LogP contribution in [0.1, 0.15) is 19.0 Å². The molecule has 0 fully saturated rings. The molecule has 0 amide bonds. The van der Waals surface area contributed by atoms with Crippen molar-refractivity contribution in [2.75, 3.05) is 11.9 Å². The SMILES string of the molecule is CCCNc1cc(C)nc2c(F)c(F)c(F)cc12. The van der Waals surface area contributed by atoms with Crippen molar-refractivity contribution < 1.29 is 13.2 Å². The number of rotatable bonds is 3. The summed E-state index contributed by atoms with van der Waals surface area (Å²) < 4.78 is 40.0. The van der Waals surface area contributed by atoms with Crippen molar-refractivity contribution in [1.29, 1.82) is 0 Å². The number of nitrogens with one attached hydrogen (secondary N) is 1. The normalized spacial score (nSPS) is 10.9. The summed E-state index contributed by atoms with van der Waals surface area (Å²) >= 11 is 0. The summed E-state index contributed by atoms with van der Waals surface area (Å²) in [6.07, 6.45) is 0.870. The Morgan fingerprint density at radius 1 is 1.17 bits per heavy atom. The molecule has 0 saturated heterocycles. The molecule has 2 nitrogen and oxygen atoms in total. The highest BCUT2D eigenvalue weighted by molar-refractivity contribution is 5.92. The topological polar surface area (TPSA) is 24.9 Å². The minimum absolute atomic E-state index is 0.146. The van der Waals surface area contributed by atoms with Gasteiger partial charge in [-0.1, -0.05) is 6.92 Å². The first-order chi connectivity index (χ1) is 8.54. The minimum atomic E-state index is -1.48. The van der Waals surface area contributed by atoms with E-state index in [9.17, 15) is 13.2 Å². The van der Waals surface area contributed by atoms with Crippen LogP contribution in [-0.4, -0.2) is 11.5 Å². The van der Waals surface area contributed by atoms with Crippen LogP contribution >= 0.6 is 0 Å². The van der Waals surface area contributed by atoms with E-state index in [1.54, 1.807) is 13.0 Å².